The van der Waals surface area contributed by atoms with Crippen LogP contribution in [0.25, 0.3) is 0 Å². The van der Waals surface area contributed by atoms with Crippen molar-refractivity contribution < 1.29 is 9.72 Å². The minimum atomic E-state index is -0.553. The van der Waals surface area contributed by atoms with Crippen molar-refractivity contribution in [2.45, 2.75) is 6.92 Å². The molecule has 0 amide bonds. The zero-order valence-electron chi connectivity index (χ0n) is 7.08. The molecular formula is C8H5BrINO3. The molecule has 0 radical (unpaired) electrons. The van der Waals surface area contributed by atoms with Crippen LogP contribution in [0.3, 0.4) is 0 Å². The second-order valence-corrected chi connectivity index (χ2v) is 4.58. The summed E-state index contributed by atoms with van der Waals surface area (Å²) in [6.45, 7) is 1.32. The number of ketones is 1. The molecule has 0 aromatic heterocycles. The fourth-order valence-corrected chi connectivity index (χ4v) is 2.34. The van der Waals surface area contributed by atoms with Gasteiger partial charge in [-0.25, -0.2) is 0 Å². The van der Waals surface area contributed by atoms with Crippen molar-refractivity contribution in [2.75, 3.05) is 0 Å². The van der Waals surface area contributed by atoms with Gasteiger partial charge >= 0.3 is 0 Å². The van der Waals surface area contributed by atoms with Gasteiger partial charge in [0, 0.05) is 3.57 Å². The van der Waals surface area contributed by atoms with E-state index in [1.54, 1.807) is 12.1 Å². The van der Waals surface area contributed by atoms with E-state index < -0.39 is 4.92 Å². The van der Waals surface area contributed by atoms with Gasteiger partial charge in [0.05, 0.1) is 9.40 Å². The molecule has 4 nitrogen and oxygen atoms in total. The monoisotopic (exact) mass is 369 g/mol. The van der Waals surface area contributed by atoms with Crippen LogP contribution in [0.15, 0.2) is 16.6 Å². The summed E-state index contributed by atoms with van der Waals surface area (Å²) in [7, 11) is 0. The van der Waals surface area contributed by atoms with Gasteiger partial charge < -0.3 is 0 Å². The molecule has 1 rings (SSSR count). The van der Waals surface area contributed by atoms with Crippen LogP contribution in [-0.4, -0.2) is 10.7 Å². The van der Waals surface area contributed by atoms with Crippen LogP contribution in [-0.2, 0) is 0 Å². The quantitative estimate of drug-likeness (QED) is 0.348. The zero-order chi connectivity index (χ0) is 10.9. The van der Waals surface area contributed by atoms with Gasteiger partial charge in [-0.3, -0.25) is 14.9 Å². The van der Waals surface area contributed by atoms with Crippen molar-refractivity contribution in [2.24, 2.45) is 0 Å². The number of hydrogen-bond acceptors (Lipinski definition) is 3. The van der Waals surface area contributed by atoms with Crippen molar-refractivity contribution in [3.63, 3.8) is 0 Å². The number of nitrogens with zero attached hydrogens (tertiary/aromatic N) is 1. The van der Waals surface area contributed by atoms with Crippen LogP contribution in [0.5, 0.6) is 0 Å². The van der Waals surface area contributed by atoms with Crippen molar-refractivity contribution in [3.8, 4) is 0 Å². The molecule has 0 heterocycles. The maximum Gasteiger partial charge on any atom is 0.295 e. The molecule has 0 spiro atoms. The number of halogens is 2. The van der Waals surface area contributed by atoms with Gasteiger partial charge in [-0.1, -0.05) is 0 Å². The van der Waals surface area contributed by atoms with Gasteiger partial charge in [-0.05, 0) is 57.6 Å². The highest BCUT2D eigenvalue weighted by atomic mass is 127. The molecule has 0 aliphatic carbocycles. The summed E-state index contributed by atoms with van der Waals surface area (Å²) in [5.74, 6) is -0.303. The summed E-state index contributed by atoms with van der Waals surface area (Å²) in [5.41, 5.74) is -0.00521. The molecular weight excluding hydrogens is 365 g/mol. The molecule has 0 saturated carbocycles. The first-order valence-corrected chi connectivity index (χ1v) is 5.45. The minimum Gasteiger partial charge on any atom is -0.294 e. The van der Waals surface area contributed by atoms with Crippen LogP contribution < -0.4 is 0 Å². The van der Waals surface area contributed by atoms with E-state index >= 15 is 0 Å². The molecule has 1 aromatic rings. The first-order valence-electron chi connectivity index (χ1n) is 3.58. The molecule has 0 N–H and O–H groups in total. The summed E-state index contributed by atoms with van der Waals surface area (Å²) in [5, 5.41) is 10.7. The highest BCUT2D eigenvalue weighted by molar-refractivity contribution is 14.1. The number of Topliss-reactive ketones (excluding diaryl/α,β-unsaturated/α-hetero) is 1. The Morgan fingerprint density at radius 3 is 2.50 bits per heavy atom. The SMILES string of the molecule is CC(=O)c1c(I)ccc(Br)c1[N+](=O)[O-]. The lowest BCUT2D eigenvalue weighted by atomic mass is 10.1. The lowest BCUT2D eigenvalue weighted by Gasteiger charge is -2.03. The van der Waals surface area contributed by atoms with Gasteiger partial charge in [0.25, 0.3) is 5.69 Å². The van der Waals surface area contributed by atoms with Crippen LogP contribution in [0.4, 0.5) is 5.69 Å². The number of carbonyl (C=O) groups is 1. The number of hydrogen-bond donors (Lipinski definition) is 0. The van der Waals surface area contributed by atoms with Crippen molar-refractivity contribution >= 4 is 50.0 Å². The van der Waals surface area contributed by atoms with Crippen LogP contribution in [0.2, 0.25) is 0 Å². The van der Waals surface area contributed by atoms with Gasteiger partial charge in [-0.15, -0.1) is 0 Å². The maximum absolute atomic E-state index is 11.2. The Bertz CT molecular complexity index is 380. The Balaban J connectivity index is 3.58. The second kappa shape index (κ2) is 4.35. The van der Waals surface area contributed by atoms with Crippen molar-refractivity contribution in [3.05, 3.63) is 35.9 Å². The van der Waals surface area contributed by atoms with E-state index in [9.17, 15) is 14.9 Å². The Kier molecular flexibility index (Phi) is 3.59. The Labute approximate surface area is 102 Å². The van der Waals surface area contributed by atoms with Crippen molar-refractivity contribution in [1.29, 1.82) is 0 Å². The molecule has 6 heteroatoms. The maximum atomic E-state index is 11.2. The molecule has 0 atom stereocenters. The van der Waals surface area contributed by atoms with E-state index in [2.05, 4.69) is 15.9 Å². The average molecular weight is 370 g/mol. The molecule has 0 saturated heterocycles. The Morgan fingerprint density at radius 2 is 2.14 bits per heavy atom. The molecule has 0 unspecified atom stereocenters. The average Bonchev–Trinajstić information content (AvgIpc) is 2.07. The summed E-state index contributed by atoms with van der Waals surface area (Å²) < 4.78 is 0.915. The third-order valence-corrected chi connectivity index (χ3v) is 3.15. The van der Waals surface area contributed by atoms with Crippen LogP contribution >= 0.6 is 38.5 Å². The molecule has 14 heavy (non-hydrogen) atoms. The normalized spacial score (nSPS) is 9.93. The number of nitro benzene ring substituents is 1. The molecule has 74 valence electrons. The summed E-state index contributed by atoms with van der Waals surface area (Å²) in [6.07, 6.45) is 0. The third-order valence-electron chi connectivity index (χ3n) is 1.61. The predicted molar refractivity (Wildman–Crippen MR) is 63.5 cm³/mol. The van der Waals surface area contributed by atoms with Gasteiger partial charge in [0.15, 0.2) is 5.78 Å². The van der Waals surface area contributed by atoms with Crippen LogP contribution in [0.1, 0.15) is 17.3 Å². The fourth-order valence-electron chi connectivity index (χ4n) is 1.05. The highest BCUT2D eigenvalue weighted by Crippen LogP contribution is 2.32. The topological polar surface area (TPSA) is 60.2 Å². The largest absolute Gasteiger partial charge is 0.295 e. The van der Waals surface area contributed by atoms with Crippen LogP contribution in [0, 0.1) is 13.7 Å². The standard InChI is InChI=1S/C8H5BrINO3/c1-4(12)7-6(10)3-2-5(9)8(7)11(13)14/h2-3H,1H3. The fraction of sp³-hybridized carbons (Fsp3) is 0.125. The summed E-state index contributed by atoms with van der Waals surface area (Å²) in [6, 6.07) is 3.22. The summed E-state index contributed by atoms with van der Waals surface area (Å²) in [4.78, 5) is 21.4. The van der Waals surface area contributed by atoms with E-state index in [-0.39, 0.29) is 17.0 Å². The van der Waals surface area contributed by atoms with Crippen molar-refractivity contribution in [1.82, 2.24) is 0 Å². The molecule has 0 aliphatic heterocycles. The first-order chi connectivity index (χ1) is 6.45. The van der Waals surface area contributed by atoms with E-state index in [4.69, 9.17) is 0 Å². The Morgan fingerprint density at radius 1 is 1.57 bits per heavy atom. The van der Waals surface area contributed by atoms with Gasteiger partial charge in [0.2, 0.25) is 0 Å². The number of benzene rings is 1. The van der Waals surface area contributed by atoms with Gasteiger partial charge in [0.1, 0.15) is 5.56 Å². The number of rotatable bonds is 2. The van der Waals surface area contributed by atoms with E-state index in [0.29, 0.717) is 8.04 Å². The lowest BCUT2D eigenvalue weighted by molar-refractivity contribution is -0.386. The number of nitro groups is 1. The first kappa shape index (κ1) is 11.6. The zero-order valence-corrected chi connectivity index (χ0v) is 10.8. The summed E-state index contributed by atoms with van der Waals surface area (Å²) >= 11 is 4.96. The highest BCUT2D eigenvalue weighted by Gasteiger charge is 2.23. The molecule has 1 aromatic carbocycles. The molecule has 0 fully saturated rings. The van der Waals surface area contributed by atoms with E-state index in [1.807, 2.05) is 22.6 Å². The Hall–Kier alpha value is -0.500. The predicted octanol–water partition coefficient (Wildman–Crippen LogP) is 3.16. The van der Waals surface area contributed by atoms with E-state index in [1.165, 1.54) is 6.92 Å². The third kappa shape index (κ3) is 2.11. The smallest absolute Gasteiger partial charge is 0.294 e. The lowest BCUT2D eigenvalue weighted by Crippen LogP contribution is -2.03. The van der Waals surface area contributed by atoms with Gasteiger partial charge in [-0.2, -0.15) is 0 Å². The minimum absolute atomic E-state index is 0.157. The van der Waals surface area contributed by atoms with E-state index in [0.717, 1.165) is 0 Å². The number of carbonyl (C=O) groups excluding carboxylic acids is 1. The molecule has 0 aliphatic rings. The second-order valence-electron chi connectivity index (χ2n) is 2.57. The molecule has 0 bridgehead atoms.